The molecule has 0 saturated carbocycles. The van der Waals surface area contributed by atoms with Crippen molar-refractivity contribution in [3.63, 3.8) is 0 Å². The van der Waals surface area contributed by atoms with E-state index in [4.69, 9.17) is 10.8 Å². The van der Waals surface area contributed by atoms with E-state index in [0.29, 0.717) is 22.5 Å². The van der Waals surface area contributed by atoms with Gasteiger partial charge < -0.3 is 20.8 Å². The highest BCUT2D eigenvalue weighted by Crippen LogP contribution is 2.32. The van der Waals surface area contributed by atoms with Crippen LogP contribution in [-0.2, 0) is 10.0 Å². The van der Waals surface area contributed by atoms with E-state index >= 15 is 0 Å². The van der Waals surface area contributed by atoms with Gasteiger partial charge in [0, 0.05) is 29.4 Å². The van der Waals surface area contributed by atoms with E-state index in [-0.39, 0.29) is 30.1 Å². The molecule has 2 heterocycles. The summed E-state index contributed by atoms with van der Waals surface area (Å²) < 4.78 is 43.2. The maximum Gasteiger partial charge on any atom is 0.407 e. The second-order valence-electron chi connectivity index (χ2n) is 7.85. The number of nitrogen functional groups attached to an aromatic ring is 1. The van der Waals surface area contributed by atoms with E-state index < -0.39 is 27.5 Å². The molecule has 0 radical (unpaired) electrons. The number of carbonyl (C=O) groups is 1. The highest BCUT2D eigenvalue weighted by Gasteiger charge is 2.44. The number of rotatable bonds is 6. The predicted molar refractivity (Wildman–Crippen MR) is 119 cm³/mol. The van der Waals surface area contributed by atoms with E-state index in [2.05, 4.69) is 9.71 Å². The van der Waals surface area contributed by atoms with Gasteiger partial charge in [-0.05, 0) is 29.8 Å². The van der Waals surface area contributed by atoms with Gasteiger partial charge in [-0.2, -0.15) is 0 Å². The minimum atomic E-state index is -4.09. The van der Waals surface area contributed by atoms with Gasteiger partial charge in [-0.15, -0.1) is 0 Å². The normalized spacial score (nSPS) is 15.2. The maximum absolute atomic E-state index is 14.9. The van der Waals surface area contributed by atoms with Crippen LogP contribution >= 0.6 is 0 Å². The number of aliphatic hydroxyl groups is 1. The standard InChI is InChI=1S/C22H21FN4O5S/c23-18-9-14(5-7-16(18)15-6-8-20(24)25-10-15)17-3-1-2-4-19(17)33(31,32)26-11-22(30)12-27(13-22)21(28)29/h1-10,26,30H,11-13H2,(H2,24,25)(H,28,29). The number of hydrogen-bond donors (Lipinski definition) is 4. The molecule has 5 N–H and O–H groups in total. The number of pyridine rings is 1. The number of carboxylic acid groups (broad SMARTS) is 1. The Morgan fingerprint density at radius 2 is 1.82 bits per heavy atom. The van der Waals surface area contributed by atoms with Crippen LogP contribution in [0.15, 0.2) is 65.7 Å². The van der Waals surface area contributed by atoms with Crippen LogP contribution < -0.4 is 10.5 Å². The number of halogens is 1. The first-order valence-electron chi connectivity index (χ1n) is 9.89. The molecule has 1 aliphatic rings. The van der Waals surface area contributed by atoms with E-state index in [1.54, 1.807) is 30.3 Å². The first-order valence-corrected chi connectivity index (χ1v) is 11.4. The highest BCUT2D eigenvalue weighted by atomic mass is 32.2. The molecule has 172 valence electrons. The van der Waals surface area contributed by atoms with Crippen molar-refractivity contribution in [1.29, 1.82) is 0 Å². The molecule has 0 atom stereocenters. The second-order valence-corrected chi connectivity index (χ2v) is 9.59. The number of likely N-dealkylation sites (tertiary alicyclic amines) is 1. The van der Waals surface area contributed by atoms with Crippen molar-refractivity contribution in [3.8, 4) is 22.3 Å². The van der Waals surface area contributed by atoms with Crippen molar-refractivity contribution < 1.29 is 27.8 Å². The molecular formula is C22H21FN4O5S. The predicted octanol–water partition coefficient (Wildman–Crippen LogP) is 2.14. The maximum atomic E-state index is 14.9. The summed E-state index contributed by atoms with van der Waals surface area (Å²) in [4.78, 5) is 15.7. The minimum Gasteiger partial charge on any atom is -0.465 e. The number of amides is 1. The summed E-state index contributed by atoms with van der Waals surface area (Å²) in [7, 11) is -4.09. The van der Waals surface area contributed by atoms with E-state index in [1.807, 2.05) is 0 Å². The summed E-state index contributed by atoms with van der Waals surface area (Å²) in [6, 6.07) is 13.7. The summed E-state index contributed by atoms with van der Waals surface area (Å²) in [5, 5.41) is 19.2. The number of sulfonamides is 1. The molecule has 9 nitrogen and oxygen atoms in total. The van der Waals surface area contributed by atoms with Crippen LogP contribution in [0, 0.1) is 5.82 Å². The van der Waals surface area contributed by atoms with Gasteiger partial charge in [0.05, 0.1) is 18.0 Å². The summed E-state index contributed by atoms with van der Waals surface area (Å²) >= 11 is 0. The van der Waals surface area contributed by atoms with E-state index in [9.17, 15) is 22.7 Å². The Morgan fingerprint density at radius 1 is 1.12 bits per heavy atom. The van der Waals surface area contributed by atoms with Gasteiger partial charge in [-0.3, -0.25) is 0 Å². The summed E-state index contributed by atoms with van der Waals surface area (Å²) in [5.74, 6) is -0.249. The fourth-order valence-corrected chi connectivity index (χ4v) is 4.99. The summed E-state index contributed by atoms with van der Waals surface area (Å²) in [6.07, 6.45) is 0.264. The average Bonchev–Trinajstić information content (AvgIpc) is 2.76. The number of nitrogens with zero attached hydrogens (tertiary/aromatic N) is 2. The Bertz CT molecular complexity index is 1310. The first kappa shape index (κ1) is 22.6. The summed E-state index contributed by atoms with van der Waals surface area (Å²) in [6.45, 7) is -0.747. The van der Waals surface area contributed by atoms with Gasteiger partial charge in [0.25, 0.3) is 0 Å². The fraction of sp³-hybridized carbons (Fsp3) is 0.182. The van der Waals surface area contributed by atoms with Crippen molar-refractivity contribution in [2.75, 3.05) is 25.4 Å². The van der Waals surface area contributed by atoms with Gasteiger partial charge in [0.1, 0.15) is 17.2 Å². The average molecular weight is 472 g/mol. The Morgan fingerprint density at radius 3 is 2.45 bits per heavy atom. The topological polar surface area (TPSA) is 146 Å². The third-order valence-electron chi connectivity index (χ3n) is 5.39. The van der Waals surface area contributed by atoms with Crippen molar-refractivity contribution in [3.05, 3.63) is 66.6 Å². The third kappa shape index (κ3) is 4.65. The van der Waals surface area contributed by atoms with Crippen LogP contribution in [0.2, 0.25) is 0 Å². The molecule has 1 amide bonds. The minimum absolute atomic E-state index is 0.0932. The lowest BCUT2D eigenvalue weighted by atomic mass is 9.95. The Labute approximate surface area is 189 Å². The summed E-state index contributed by atoms with van der Waals surface area (Å²) in [5.41, 5.74) is 5.53. The lowest BCUT2D eigenvalue weighted by molar-refractivity contribution is -0.0788. The molecule has 0 spiro atoms. The van der Waals surface area contributed by atoms with Gasteiger partial charge in [0.15, 0.2) is 0 Å². The van der Waals surface area contributed by atoms with Gasteiger partial charge in [0.2, 0.25) is 10.0 Å². The molecule has 0 bridgehead atoms. The molecular weight excluding hydrogens is 451 g/mol. The molecule has 33 heavy (non-hydrogen) atoms. The number of nitrogens with one attached hydrogen (secondary N) is 1. The highest BCUT2D eigenvalue weighted by molar-refractivity contribution is 7.89. The monoisotopic (exact) mass is 472 g/mol. The number of β-amino-alcohol motifs (C(OH)–C–C–N with tert-alkyl or cyclic N) is 1. The fourth-order valence-electron chi connectivity index (χ4n) is 3.64. The largest absolute Gasteiger partial charge is 0.465 e. The molecule has 3 aromatic rings. The number of anilines is 1. The van der Waals surface area contributed by atoms with Crippen molar-refractivity contribution in [2.24, 2.45) is 0 Å². The van der Waals surface area contributed by atoms with Crippen LogP contribution in [0.3, 0.4) is 0 Å². The molecule has 2 aromatic carbocycles. The van der Waals surface area contributed by atoms with Crippen LogP contribution in [0.25, 0.3) is 22.3 Å². The van der Waals surface area contributed by atoms with Gasteiger partial charge >= 0.3 is 6.09 Å². The van der Waals surface area contributed by atoms with Crippen LogP contribution in [0.5, 0.6) is 0 Å². The first-order chi connectivity index (χ1) is 15.6. The zero-order valence-electron chi connectivity index (χ0n) is 17.3. The SMILES string of the molecule is Nc1ccc(-c2ccc(-c3ccccc3S(=O)(=O)NCC3(O)CN(C(=O)O)C3)cc2F)cn1. The molecule has 1 aromatic heterocycles. The molecule has 11 heteroatoms. The van der Waals surface area contributed by atoms with Crippen molar-refractivity contribution >= 4 is 21.9 Å². The van der Waals surface area contributed by atoms with Crippen molar-refractivity contribution in [1.82, 2.24) is 14.6 Å². The lowest BCUT2D eigenvalue weighted by Gasteiger charge is -2.44. The number of benzene rings is 2. The van der Waals surface area contributed by atoms with Crippen LogP contribution in [0.4, 0.5) is 15.0 Å². The van der Waals surface area contributed by atoms with Gasteiger partial charge in [-0.25, -0.2) is 27.3 Å². The third-order valence-corrected chi connectivity index (χ3v) is 6.85. The van der Waals surface area contributed by atoms with Crippen molar-refractivity contribution in [2.45, 2.75) is 10.5 Å². The second kappa shape index (κ2) is 8.43. The zero-order valence-corrected chi connectivity index (χ0v) is 18.1. The van der Waals surface area contributed by atoms with E-state index in [1.165, 1.54) is 30.5 Å². The quantitative estimate of drug-likeness (QED) is 0.430. The molecule has 1 saturated heterocycles. The Hall–Kier alpha value is -3.54. The van der Waals surface area contributed by atoms with Gasteiger partial charge in [-0.1, -0.05) is 30.3 Å². The number of aromatic nitrogens is 1. The number of nitrogens with two attached hydrogens (primary N) is 1. The molecule has 0 unspecified atom stereocenters. The number of hydrogen-bond acceptors (Lipinski definition) is 6. The molecule has 0 aliphatic carbocycles. The Kier molecular flexibility index (Phi) is 5.78. The van der Waals surface area contributed by atoms with E-state index in [0.717, 1.165) is 4.90 Å². The van der Waals surface area contributed by atoms with Crippen LogP contribution in [-0.4, -0.2) is 59.8 Å². The van der Waals surface area contributed by atoms with Crippen LogP contribution in [0.1, 0.15) is 0 Å². The zero-order chi connectivity index (χ0) is 23.8. The Balaban J connectivity index is 1.59. The lowest BCUT2D eigenvalue weighted by Crippen LogP contribution is -2.67. The smallest absolute Gasteiger partial charge is 0.407 e. The molecule has 1 aliphatic heterocycles. The molecule has 1 fully saturated rings. The molecule has 4 rings (SSSR count).